The lowest BCUT2D eigenvalue weighted by molar-refractivity contribution is -0.117. The van der Waals surface area contributed by atoms with Gasteiger partial charge in [0, 0.05) is 5.56 Å². The molecule has 0 aromatic heterocycles. The van der Waals surface area contributed by atoms with Crippen LogP contribution in [0.4, 0.5) is 10.1 Å². The lowest BCUT2D eigenvalue weighted by atomic mass is 9.98. The lowest BCUT2D eigenvalue weighted by Crippen LogP contribution is -2.42. The molecule has 3 nitrogen and oxygen atoms in total. The molecule has 2 amide bonds. The van der Waals surface area contributed by atoms with E-state index >= 15 is 0 Å². The van der Waals surface area contributed by atoms with Crippen LogP contribution in [0.1, 0.15) is 15.9 Å². The van der Waals surface area contributed by atoms with Crippen molar-refractivity contribution >= 4 is 33.4 Å². The summed E-state index contributed by atoms with van der Waals surface area (Å²) in [5.41, 5.74) is 1.43. The fourth-order valence-corrected chi connectivity index (χ4v) is 2.49. The number of fused-ring (bicyclic) bond motifs is 1. The number of hydrogen-bond donors (Lipinski definition) is 0. The van der Waals surface area contributed by atoms with Gasteiger partial charge >= 0.3 is 0 Å². The van der Waals surface area contributed by atoms with E-state index in [1.54, 1.807) is 24.3 Å². The summed E-state index contributed by atoms with van der Waals surface area (Å²) in [5, 5.41) is 0. The van der Waals surface area contributed by atoms with Gasteiger partial charge in [-0.1, -0.05) is 18.2 Å². The molecule has 1 aliphatic rings. The molecule has 100 valence electrons. The SMILES string of the molecule is O=C1Cc2ccccc2C(=O)N1c1ccc(Br)c(F)c1. The van der Waals surface area contributed by atoms with Gasteiger partial charge in [0.1, 0.15) is 5.82 Å². The number of rotatable bonds is 1. The van der Waals surface area contributed by atoms with E-state index in [0.717, 1.165) is 4.90 Å². The maximum absolute atomic E-state index is 13.6. The summed E-state index contributed by atoms with van der Waals surface area (Å²) in [6.45, 7) is 0. The number of nitrogens with zero attached hydrogens (tertiary/aromatic N) is 1. The second-order valence-corrected chi connectivity index (χ2v) is 5.32. The van der Waals surface area contributed by atoms with Crippen LogP contribution >= 0.6 is 15.9 Å². The van der Waals surface area contributed by atoms with Crippen molar-refractivity contribution in [3.63, 3.8) is 0 Å². The fourth-order valence-electron chi connectivity index (χ4n) is 2.24. The molecule has 1 heterocycles. The standard InChI is InChI=1S/C15H9BrFNO2/c16-12-6-5-10(8-13(12)17)18-14(19)7-9-3-1-2-4-11(9)15(18)20/h1-6,8H,7H2. The molecule has 2 aromatic rings. The molecule has 0 fully saturated rings. The largest absolute Gasteiger partial charge is 0.274 e. The number of carbonyl (C=O) groups excluding carboxylic acids is 2. The number of imide groups is 1. The van der Waals surface area contributed by atoms with Crippen molar-refractivity contribution in [1.82, 2.24) is 0 Å². The first kappa shape index (κ1) is 13.0. The molecule has 0 saturated heterocycles. The van der Waals surface area contributed by atoms with Crippen LogP contribution in [0.3, 0.4) is 0 Å². The Kier molecular flexibility index (Phi) is 3.14. The van der Waals surface area contributed by atoms with Crippen molar-refractivity contribution in [2.45, 2.75) is 6.42 Å². The zero-order valence-corrected chi connectivity index (χ0v) is 11.9. The van der Waals surface area contributed by atoms with Crippen LogP contribution in [-0.4, -0.2) is 11.8 Å². The van der Waals surface area contributed by atoms with Gasteiger partial charge in [0.25, 0.3) is 5.91 Å². The monoisotopic (exact) mass is 333 g/mol. The highest BCUT2D eigenvalue weighted by molar-refractivity contribution is 9.10. The first-order valence-corrected chi connectivity index (χ1v) is 6.77. The summed E-state index contributed by atoms with van der Waals surface area (Å²) < 4.78 is 13.9. The van der Waals surface area contributed by atoms with Gasteiger partial charge in [0.05, 0.1) is 16.6 Å². The number of amides is 2. The van der Waals surface area contributed by atoms with Crippen molar-refractivity contribution in [2.24, 2.45) is 0 Å². The van der Waals surface area contributed by atoms with E-state index < -0.39 is 11.7 Å². The maximum atomic E-state index is 13.6. The van der Waals surface area contributed by atoms with Gasteiger partial charge in [-0.05, 0) is 45.8 Å². The highest BCUT2D eigenvalue weighted by Gasteiger charge is 2.32. The van der Waals surface area contributed by atoms with Crippen LogP contribution in [-0.2, 0) is 11.2 Å². The molecule has 1 aliphatic heterocycles. The number of carbonyl (C=O) groups is 2. The van der Waals surface area contributed by atoms with Gasteiger partial charge in [-0.3, -0.25) is 9.59 Å². The molecule has 0 aliphatic carbocycles. The van der Waals surface area contributed by atoms with Crippen LogP contribution in [0.25, 0.3) is 0 Å². The molecule has 0 atom stereocenters. The third-order valence-corrected chi connectivity index (χ3v) is 3.85. The molecule has 0 radical (unpaired) electrons. The van der Waals surface area contributed by atoms with Crippen LogP contribution in [0.5, 0.6) is 0 Å². The van der Waals surface area contributed by atoms with E-state index in [-0.39, 0.29) is 18.0 Å². The van der Waals surface area contributed by atoms with Gasteiger partial charge in [0.15, 0.2) is 0 Å². The van der Waals surface area contributed by atoms with E-state index in [4.69, 9.17) is 0 Å². The number of hydrogen-bond acceptors (Lipinski definition) is 2. The molecule has 0 saturated carbocycles. The van der Waals surface area contributed by atoms with Crippen LogP contribution in [0.2, 0.25) is 0 Å². The number of halogens is 2. The highest BCUT2D eigenvalue weighted by atomic mass is 79.9. The van der Waals surface area contributed by atoms with Crippen LogP contribution in [0, 0.1) is 5.82 Å². The Hall–Kier alpha value is -2.01. The van der Waals surface area contributed by atoms with E-state index in [1.165, 1.54) is 18.2 Å². The second-order valence-electron chi connectivity index (χ2n) is 4.47. The van der Waals surface area contributed by atoms with Crippen molar-refractivity contribution < 1.29 is 14.0 Å². The van der Waals surface area contributed by atoms with Crippen molar-refractivity contribution in [3.8, 4) is 0 Å². The minimum absolute atomic E-state index is 0.138. The van der Waals surface area contributed by atoms with E-state index in [9.17, 15) is 14.0 Å². The van der Waals surface area contributed by atoms with E-state index in [2.05, 4.69) is 15.9 Å². The second kappa shape index (κ2) is 4.83. The van der Waals surface area contributed by atoms with Gasteiger partial charge < -0.3 is 0 Å². The maximum Gasteiger partial charge on any atom is 0.265 e. The summed E-state index contributed by atoms with van der Waals surface area (Å²) in [7, 11) is 0. The van der Waals surface area contributed by atoms with Gasteiger partial charge in [0.2, 0.25) is 5.91 Å². The van der Waals surface area contributed by atoms with Crippen LogP contribution < -0.4 is 4.90 Å². The first-order valence-electron chi connectivity index (χ1n) is 5.98. The van der Waals surface area contributed by atoms with E-state index in [0.29, 0.717) is 15.6 Å². The molecule has 3 rings (SSSR count). The summed E-state index contributed by atoms with van der Waals surface area (Å²) in [6.07, 6.45) is 0.138. The Morgan fingerprint density at radius 2 is 1.85 bits per heavy atom. The quantitative estimate of drug-likeness (QED) is 0.751. The molecule has 5 heteroatoms. The summed E-state index contributed by atoms with van der Waals surface area (Å²) in [6, 6.07) is 11.1. The third kappa shape index (κ3) is 2.04. The Balaban J connectivity index is 2.08. The van der Waals surface area contributed by atoms with Gasteiger partial charge in [-0.2, -0.15) is 0 Å². The van der Waals surface area contributed by atoms with Gasteiger partial charge in [-0.25, -0.2) is 9.29 Å². The Morgan fingerprint density at radius 1 is 1.10 bits per heavy atom. The van der Waals surface area contributed by atoms with Crippen molar-refractivity contribution in [3.05, 3.63) is 63.9 Å². The summed E-state index contributed by atoms with van der Waals surface area (Å²) in [4.78, 5) is 25.6. The molecule has 0 unspecified atom stereocenters. The molecule has 20 heavy (non-hydrogen) atoms. The van der Waals surface area contributed by atoms with Gasteiger partial charge in [-0.15, -0.1) is 0 Å². The Labute approximate surface area is 123 Å². The summed E-state index contributed by atoms with van der Waals surface area (Å²) in [5.74, 6) is -1.28. The fraction of sp³-hybridized carbons (Fsp3) is 0.0667. The predicted octanol–water partition coefficient (Wildman–Crippen LogP) is 3.32. The Morgan fingerprint density at radius 3 is 2.60 bits per heavy atom. The molecular formula is C15H9BrFNO2. The van der Waals surface area contributed by atoms with Crippen molar-refractivity contribution in [1.29, 1.82) is 0 Å². The molecule has 2 aromatic carbocycles. The minimum Gasteiger partial charge on any atom is -0.274 e. The number of benzene rings is 2. The van der Waals surface area contributed by atoms with E-state index in [1.807, 2.05) is 0 Å². The average Bonchev–Trinajstić information content (AvgIpc) is 2.43. The first-order chi connectivity index (χ1) is 9.58. The zero-order valence-electron chi connectivity index (χ0n) is 10.3. The smallest absolute Gasteiger partial charge is 0.265 e. The predicted molar refractivity (Wildman–Crippen MR) is 76.1 cm³/mol. The normalized spacial score (nSPS) is 14.4. The summed E-state index contributed by atoms with van der Waals surface area (Å²) >= 11 is 3.05. The minimum atomic E-state index is -0.512. The van der Waals surface area contributed by atoms with Crippen LogP contribution in [0.15, 0.2) is 46.9 Å². The van der Waals surface area contributed by atoms with Crippen molar-refractivity contribution in [2.75, 3.05) is 4.90 Å². The Bertz CT molecular complexity index is 730. The highest BCUT2D eigenvalue weighted by Crippen LogP contribution is 2.28. The lowest BCUT2D eigenvalue weighted by Gasteiger charge is -2.26. The third-order valence-electron chi connectivity index (χ3n) is 3.20. The zero-order chi connectivity index (χ0) is 14.3. The number of anilines is 1. The molecule has 0 spiro atoms. The topological polar surface area (TPSA) is 37.4 Å². The molecular weight excluding hydrogens is 325 g/mol. The average molecular weight is 334 g/mol. The molecule has 0 N–H and O–H groups in total. The molecule has 0 bridgehead atoms.